The number of esters is 2. The molecule has 0 aromatic heterocycles. The van der Waals surface area contributed by atoms with Crippen LogP contribution in [-0.2, 0) is 31.9 Å². The first-order valence-electron chi connectivity index (χ1n) is 13.7. The number of hydrogen-bond acceptors (Lipinski definition) is 8. The van der Waals surface area contributed by atoms with Crippen LogP contribution in [0.15, 0.2) is 97.1 Å². The summed E-state index contributed by atoms with van der Waals surface area (Å²) in [6.07, 6.45) is 0.242. The SMILES string of the molecule is COC(=O)[C@H](Cc1ccc(O)cc1)NC(=O)c1ccccc1-c1ccccc1C(=O)N[C@@H](Cc1ccc(O)cc1)C(=O)OC. The Bertz CT molecular complexity index is 1510. The first-order chi connectivity index (χ1) is 21.2. The molecule has 4 aromatic rings. The molecular formula is C34H32N2O8. The predicted molar refractivity (Wildman–Crippen MR) is 162 cm³/mol. The average Bonchev–Trinajstić information content (AvgIpc) is 3.05. The smallest absolute Gasteiger partial charge is 0.328 e. The van der Waals surface area contributed by atoms with E-state index in [0.29, 0.717) is 22.3 Å². The lowest BCUT2D eigenvalue weighted by atomic mass is 9.94. The number of phenolic OH excluding ortho intramolecular Hbond substituents is 2. The van der Waals surface area contributed by atoms with E-state index in [2.05, 4.69) is 10.6 Å². The number of ether oxygens (including phenoxy) is 2. The van der Waals surface area contributed by atoms with Crippen molar-refractivity contribution < 1.29 is 38.9 Å². The molecule has 0 aliphatic heterocycles. The molecule has 2 atom stereocenters. The van der Waals surface area contributed by atoms with Gasteiger partial charge in [0.15, 0.2) is 0 Å². The second-order valence-electron chi connectivity index (χ2n) is 9.93. The Morgan fingerprint density at radius 1 is 0.568 bits per heavy atom. The zero-order valence-corrected chi connectivity index (χ0v) is 24.2. The van der Waals surface area contributed by atoms with Gasteiger partial charge in [-0.25, -0.2) is 9.59 Å². The molecule has 10 nitrogen and oxygen atoms in total. The summed E-state index contributed by atoms with van der Waals surface area (Å²) in [4.78, 5) is 52.4. The molecule has 0 aliphatic rings. The molecule has 0 aliphatic carbocycles. The van der Waals surface area contributed by atoms with E-state index in [9.17, 15) is 29.4 Å². The molecule has 0 fully saturated rings. The van der Waals surface area contributed by atoms with Crippen LogP contribution in [0, 0.1) is 0 Å². The van der Waals surface area contributed by atoms with E-state index >= 15 is 0 Å². The van der Waals surface area contributed by atoms with Crippen LogP contribution in [0.1, 0.15) is 31.8 Å². The number of methoxy groups -OCH3 is 2. The van der Waals surface area contributed by atoms with Crippen LogP contribution in [0.5, 0.6) is 11.5 Å². The minimum absolute atomic E-state index is 0.0716. The average molecular weight is 597 g/mol. The molecule has 2 amide bonds. The topological polar surface area (TPSA) is 151 Å². The number of rotatable bonds is 11. The summed E-state index contributed by atoms with van der Waals surface area (Å²) < 4.78 is 9.84. The lowest BCUT2D eigenvalue weighted by Gasteiger charge is -2.20. The maximum absolute atomic E-state index is 13.6. The van der Waals surface area contributed by atoms with E-state index in [1.54, 1.807) is 72.8 Å². The summed E-state index contributed by atoms with van der Waals surface area (Å²) in [6, 6.07) is 23.8. The van der Waals surface area contributed by atoms with Crippen LogP contribution in [0.2, 0.25) is 0 Å². The van der Waals surface area contributed by atoms with Crippen LogP contribution < -0.4 is 10.6 Å². The summed E-state index contributed by atoms with van der Waals surface area (Å²) in [6.45, 7) is 0. The van der Waals surface area contributed by atoms with E-state index in [1.165, 1.54) is 38.5 Å². The van der Waals surface area contributed by atoms with Gasteiger partial charge in [0, 0.05) is 24.0 Å². The Balaban J connectivity index is 1.61. The normalized spacial score (nSPS) is 12.0. The molecule has 0 saturated carbocycles. The molecule has 4 rings (SSSR count). The number of amides is 2. The highest BCUT2D eigenvalue weighted by Gasteiger charge is 2.27. The summed E-state index contributed by atoms with van der Waals surface area (Å²) in [5.74, 6) is -2.28. The summed E-state index contributed by atoms with van der Waals surface area (Å²) in [5, 5.41) is 24.6. The maximum Gasteiger partial charge on any atom is 0.328 e. The molecule has 44 heavy (non-hydrogen) atoms. The van der Waals surface area contributed by atoms with Gasteiger partial charge in [-0.2, -0.15) is 0 Å². The molecular weight excluding hydrogens is 564 g/mol. The van der Waals surface area contributed by atoms with Crippen LogP contribution in [0.3, 0.4) is 0 Å². The molecule has 0 unspecified atom stereocenters. The van der Waals surface area contributed by atoms with E-state index in [-0.39, 0.29) is 35.5 Å². The Hall–Kier alpha value is -5.64. The molecule has 0 radical (unpaired) electrons. The zero-order chi connectivity index (χ0) is 31.6. The number of phenols is 2. The summed E-state index contributed by atoms with van der Waals surface area (Å²) in [5.41, 5.74) is 2.67. The standard InChI is InChI=1S/C34H32N2O8/c1-43-33(41)29(19-21-11-15-23(37)16-12-21)35-31(39)27-9-5-3-7-25(27)26-8-4-6-10-28(26)32(40)36-30(34(42)44-2)20-22-13-17-24(38)18-14-22/h3-18,29-30,37-38H,19-20H2,1-2H3,(H,35,39)(H,36,40)/t29-,30-/m0/s1. The van der Waals surface area contributed by atoms with Gasteiger partial charge in [0.05, 0.1) is 14.2 Å². The van der Waals surface area contributed by atoms with Gasteiger partial charge in [-0.05, 0) is 58.7 Å². The van der Waals surface area contributed by atoms with E-state index in [4.69, 9.17) is 9.47 Å². The molecule has 4 N–H and O–H groups in total. The van der Waals surface area contributed by atoms with Gasteiger partial charge in [-0.1, -0.05) is 60.7 Å². The molecule has 0 saturated heterocycles. The van der Waals surface area contributed by atoms with Gasteiger partial charge in [-0.3, -0.25) is 9.59 Å². The largest absolute Gasteiger partial charge is 0.508 e. The molecule has 10 heteroatoms. The number of carbonyl (C=O) groups is 4. The van der Waals surface area contributed by atoms with Crippen molar-refractivity contribution in [1.82, 2.24) is 10.6 Å². The van der Waals surface area contributed by atoms with Gasteiger partial charge in [-0.15, -0.1) is 0 Å². The van der Waals surface area contributed by atoms with Crippen molar-refractivity contribution in [3.05, 3.63) is 119 Å². The van der Waals surface area contributed by atoms with Crippen molar-refractivity contribution in [3.8, 4) is 22.6 Å². The first kappa shape index (κ1) is 31.3. The van der Waals surface area contributed by atoms with Crippen LogP contribution in [-0.4, -0.2) is 60.3 Å². The lowest BCUT2D eigenvalue weighted by molar-refractivity contribution is -0.143. The highest BCUT2D eigenvalue weighted by Crippen LogP contribution is 2.28. The Kier molecular flexibility index (Phi) is 10.3. The Morgan fingerprint density at radius 3 is 1.25 bits per heavy atom. The fourth-order valence-electron chi connectivity index (χ4n) is 4.71. The third-order valence-corrected chi connectivity index (χ3v) is 6.97. The highest BCUT2D eigenvalue weighted by molar-refractivity contribution is 6.07. The second kappa shape index (κ2) is 14.5. The van der Waals surface area contributed by atoms with Gasteiger partial charge < -0.3 is 30.3 Å². The van der Waals surface area contributed by atoms with Gasteiger partial charge in [0.25, 0.3) is 11.8 Å². The summed E-state index contributed by atoms with van der Waals surface area (Å²) >= 11 is 0. The van der Waals surface area contributed by atoms with E-state index < -0.39 is 35.8 Å². The fourth-order valence-corrected chi connectivity index (χ4v) is 4.71. The van der Waals surface area contributed by atoms with Crippen molar-refractivity contribution in [3.63, 3.8) is 0 Å². The number of hydrogen-bond donors (Lipinski definition) is 4. The third-order valence-electron chi connectivity index (χ3n) is 6.97. The minimum atomic E-state index is -1.02. The second-order valence-corrected chi connectivity index (χ2v) is 9.93. The summed E-state index contributed by atoms with van der Waals surface area (Å²) in [7, 11) is 2.45. The number of carbonyl (C=O) groups excluding carboxylic acids is 4. The molecule has 226 valence electrons. The van der Waals surface area contributed by atoms with Crippen molar-refractivity contribution in [2.45, 2.75) is 24.9 Å². The van der Waals surface area contributed by atoms with Crippen molar-refractivity contribution >= 4 is 23.8 Å². The monoisotopic (exact) mass is 596 g/mol. The molecule has 0 heterocycles. The molecule has 0 bridgehead atoms. The zero-order valence-electron chi connectivity index (χ0n) is 24.2. The number of aromatic hydroxyl groups is 2. The van der Waals surface area contributed by atoms with Crippen molar-refractivity contribution in [1.29, 1.82) is 0 Å². The van der Waals surface area contributed by atoms with Crippen LogP contribution >= 0.6 is 0 Å². The quantitative estimate of drug-likeness (QED) is 0.191. The maximum atomic E-state index is 13.6. The number of nitrogens with one attached hydrogen (secondary N) is 2. The predicted octanol–water partition coefficient (Wildman–Crippen LogP) is 3.79. The minimum Gasteiger partial charge on any atom is -0.508 e. The Morgan fingerprint density at radius 2 is 0.909 bits per heavy atom. The van der Waals surface area contributed by atoms with Gasteiger partial charge in [0.1, 0.15) is 23.6 Å². The van der Waals surface area contributed by atoms with E-state index in [0.717, 1.165) is 0 Å². The van der Waals surface area contributed by atoms with Gasteiger partial charge >= 0.3 is 11.9 Å². The lowest BCUT2D eigenvalue weighted by Crippen LogP contribution is -2.43. The van der Waals surface area contributed by atoms with Crippen molar-refractivity contribution in [2.24, 2.45) is 0 Å². The van der Waals surface area contributed by atoms with Crippen molar-refractivity contribution in [2.75, 3.05) is 14.2 Å². The first-order valence-corrected chi connectivity index (χ1v) is 13.7. The van der Waals surface area contributed by atoms with Gasteiger partial charge in [0.2, 0.25) is 0 Å². The van der Waals surface area contributed by atoms with Crippen LogP contribution in [0.25, 0.3) is 11.1 Å². The van der Waals surface area contributed by atoms with E-state index in [1.807, 2.05) is 0 Å². The fraction of sp³-hybridized carbons (Fsp3) is 0.176. The molecule has 4 aromatic carbocycles. The highest BCUT2D eigenvalue weighted by atomic mass is 16.5. The Labute approximate surface area is 254 Å². The third kappa shape index (κ3) is 7.80. The van der Waals surface area contributed by atoms with Crippen LogP contribution in [0.4, 0.5) is 0 Å². The number of benzene rings is 4. The molecule has 0 spiro atoms.